The zero-order valence-electron chi connectivity index (χ0n) is 9.43. The van der Waals surface area contributed by atoms with Gasteiger partial charge in [-0.3, -0.25) is 0 Å². The molecule has 0 bridgehead atoms. The highest BCUT2D eigenvalue weighted by molar-refractivity contribution is 5.80. The summed E-state index contributed by atoms with van der Waals surface area (Å²) in [7, 11) is 0. The minimum atomic E-state index is -0.293. The normalized spacial score (nSPS) is 12.3. The second kappa shape index (κ2) is 4.35. The zero-order valence-corrected chi connectivity index (χ0v) is 9.43. The average Bonchev–Trinajstić information content (AvgIpc) is 2.36. The smallest absolute Gasteiger partial charge is 0.0784 e. The van der Waals surface area contributed by atoms with E-state index >= 15 is 0 Å². The molecule has 0 spiro atoms. The van der Waals surface area contributed by atoms with Gasteiger partial charge in [-0.05, 0) is 17.2 Å². The summed E-state index contributed by atoms with van der Waals surface area (Å²) in [6.45, 7) is 0. The summed E-state index contributed by atoms with van der Waals surface area (Å²) < 4.78 is 0. The molecule has 0 aliphatic rings. The van der Waals surface area contributed by atoms with Gasteiger partial charge in [0.05, 0.1) is 23.1 Å². The summed E-state index contributed by atoms with van der Waals surface area (Å²) in [4.78, 5) is 0. The highest BCUT2D eigenvalue weighted by Crippen LogP contribution is 2.32. The molecule has 0 aliphatic heterocycles. The number of nitrogen functional groups attached to an aromatic ring is 3. The molecule has 0 saturated carbocycles. The molecule has 0 aliphatic carbocycles. The van der Waals surface area contributed by atoms with Crippen molar-refractivity contribution in [2.75, 3.05) is 17.2 Å². The van der Waals surface area contributed by atoms with Gasteiger partial charge in [-0.2, -0.15) is 0 Å². The number of nitrogens with two attached hydrogens (primary N) is 4. The Bertz CT molecular complexity index is 522. The summed E-state index contributed by atoms with van der Waals surface area (Å²) in [5.41, 5.74) is 26.7. The zero-order chi connectivity index (χ0) is 12.4. The fourth-order valence-corrected chi connectivity index (χ4v) is 1.78. The van der Waals surface area contributed by atoms with Gasteiger partial charge in [0.2, 0.25) is 0 Å². The molecular formula is C13H16N4. The fraction of sp³-hybridized carbons (Fsp3) is 0.0769. The van der Waals surface area contributed by atoms with Crippen LogP contribution in [0.5, 0.6) is 0 Å². The predicted octanol–water partition coefficient (Wildman–Crippen LogP) is 1.48. The molecule has 0 radical (unpaired) electrons. The highest BCUT2D eigenvalue weighted by atomic mass is 14.8. The second-order valence-electron chi connectivity index (χ2n) is 3.96. The Hall–Kier alpha value is -2.20. The molecule has 4 nitrogen and oxygen atoms in total. The van der Waals surface area contributed by atoms with Crippen LogP contribution in [0.25, 0.3) is 0 Å². The standard InChI is InChI=1S/C13H16N4/c14-10-7-6-9(12(16)13(10)17)11(15)8-4-2-1-3-5-8/h1-7,11H,14-17H2. The lowest BCUT2D eigenvalue weighted by atomic mass is 9.97. The van der Waals surface area contributed by atoms with Gasteiger partial charge >= 0.3 is 0 Å². The minimum Gasteiger partial charge on any atom is -0.397 e. The number of hydrogen-bond donors (Lipinski definition) is 4. The van der Waals surface area contributed by atoms with E-state index in [9.17, 15) is 0 Å². The third-order valence-corrected chi connectivity index (χ3v) is 2.85. The maximum atomic E-state index is 6.16. The van der Waals surface area contributed by atoms with Crippen molar-refractivity contribution in [1.29, 1.82) is 0 Å². The van der Waals surface area contributed by atoms with Gasteiger partial charge in [0.1, 0.15) is 0 Å². The molecule has 2 rings (SSSR count). The van der Waals surface area contributed by atoms with E-state index in [4.69, 9.17) is 22.9 Å². The van der Waals surface area contributed by atoms with Crippen molar-refractivity contribution in [2.45, 2.75) is 6.04 Å². The molecule has 4 heteroatoms. The molecule has 0 aromatic heterocycles. The first-order valence-electron chi connectivity index (χ1n) is 5.35. The maximum Gasteiger partial charge on any atom is 0.0784 e. The van der Waals surface area contributed by atoms with E-state index < -0.39 is 0 Å². The minimum absolute atomic E-state index is 0.293. The third-order valence-electron chi connectivity index (χ3n) is 2.85. The van der Waals surface area contributed by atoms with Crippen molar-refractivity contribution in [3.8, 4) is 0 Å². The van der Waals surface area contributed by atoms with E-state index in [-0.39, 0.29) is 6.04 Å². The first kappa shape index (κ1) is 11.3. The summed E-state index contributed by atoms with van der Waals surface area (Å²) in [5.74, 6) is 0. The van der Waals surface area contributed by atoms with Crippen molar-refractivity contribution in [2.24, 2.45) is 5.73 Å². The monoisotopic (exact) mass is 228 g/mol. The summed E-state index contributed by atoms with van der Waals surface area (Å²) in [5, 5.41) is 0. The molecule has 0 heterocycles. The van der Waals surface area contributed by atoms with E-state index in [2.05, 4.69) is 0 Å². The second-order valence-corrected chi connectivity index (χ2v) is 3.96. The van der Waals surface area contributed by atoms with Crippen LogP contribution in [0, 0.1) is 0 Å². The summed E-state index contributed by atoms with van der Waals surface area (Å²) >= 11 is 0. The van der Waals surface area contributed by atoms with E-state index in [0.717, 1.165) is 11.1 Å². The summed E-state index contributed by atoms with van der Waals surface area (Å²) in [6.07, 6.45) is 0. The first-order chi connectivity index (χ1) is 8.11. The van der Waals surface area contributed by atoms with Crippen molar-refractivity contribution in [3.63, 3.8) is 0 Å². The van der Waals surface area contributed by atoms with Crippen molar-refractivity contribution < 1.29 is 0 Å². The third kappa shape index (κ3) is 2.03. The van der Waals surface area contributed by atoms with Crippen LogP contribution in [0.2, 0.25) is 0 Å². The van der Waals surface area contributed by atoms with Crippen molar-refractivity contribution in [1.82, 2.24) is 0 Å². The van der Waals surface area contributed by atoms with E-state index in [0.29, 0.717) is 17.1 Å². The maximum absolute atomic E-state index is 6.16. The number of anilines is 3. The Labute approximate surface area is 100 Å². The van der Waals surface area contributed by atoms with E-state index in [1.54, 1.807) is 6.07 Å². The molecular weight excluding hydrogens is 212 g/mol. The Morgan fingerprint density at radius 2 is 1.41 bits per heavy atom. The number of rotatable bonds is 2. The molecule has 8 N–H and O–H groups in total. The van der Waals surface area contributed by atoms with Crippen LogP contribution < -0.4 is 22.9 Å². The van der Waals surface area contributed by atoms with Crippen LogP contribution in [0.15, 0.2) is 42.5 Å². The molecule has 2 aromatic carbocycles. The fourth-order valence-electron chi connectivity index (χ4n) is 1.78. The highest BCUT2D eigenvalue weighted by Gasteiger charge is 2.14. The Kier molecular flexibility index (Phi) is 2.89. The number of hydrogen-bond acceptors (Lipinski definition) is 4. The average molecular weight is 228 g/mol. The van der Waals surface area contributed by atoms with E-state index in [1.807, 2.05) is 36.4 Å². The van der Waals surface area contributed by atoms with Gasteiger partial charge in [0.15, 0.2) is 0 Å². The lowest BCUT2D eigenvalue weighted by molar-refractivity contribution is 0.875. The molecule has 0 amide bonds. The van der Waals surface area contributed by atoms with E-state index in [1.165, 1.54) is 0 Å². The molecule has 0 fully saturated rings. The quantitative estimate of drug-likeness (QED) is 0.584. The lowest BCUT2D eigenvalue weighted by Gasteiger charge is -2.17. The first-order valence-corrected chi connectivity index (χ1v) is 5.35. The van der Waals surface area contributed by atoms with Crippen LogP contribution in [-0.2, 0) is 0 Å². The molecule has 2 aromatic rings. The predicted molar refractivity (Wildman–Crippen MR) is 72.2 cm³/mol. The Morgan fingerprint density at radius 1 is 0.765 bits per heavy atom. The summed E-state index contributed by atoms with van der Waals surface area (Å²) in [6, 6.07) is 13.0. The van der Waals surface area contributed by atoms with Crippen molar-refractivity contribution in [3.05, 3.63) is 53.6 Å². The molecule has 0 saturated heterocycles. The molecule has 88 valence electrons. The SMILES string of the molecule is Nc1ccc(C(N)c2ccccc2)c(N)c1N. The Morgan fingerprint density at radius 3 is 2.06 bits per heavy atom. The Balaban J connectivity index is 2.45. The van der Waals surface area contributed by atoms with Gasteiger partial charge in [-0.25, -0.2) is 0 Å². The van der Waals surface area contributed by atoms with Crippen LogP contribution in [0.1, 0.15) is 17.2 Å². The topological polar surface area (TPSA) is 104 Å². The van der Waals surface area contributed by atoms with Crippen LogP contribution in [-0.4, -0.2) is 0 Å². The van der Waals surface area contributed by atoms with Crippen molar-refractivity contribution >= 4 is 17.1 Å². The molecule has 17 heavy (non-hydrogen) atoms. The lowest BCUT2D eigenvalue weighted by Crippen LogP contribution is -2.15. The number of benzene rings is 2. The molecule has 1 atom stereocenters. The van der Waals surface area contributed by atoms with Crippen LogP contribution in [0.3, 0.4) is 0 Å². The van der Waals surface area contributed by atoms with Crippen LogP contribution in [0.4, 0.5) is 17.1 Å². The molecule has 1 unspecified atom stereocenters. The van der Waals surface area contributed by atoms with Gasteiger partial charge in [-0.1, -0.05) is 36.4 Å². The van der Waals surface area contributed by atoms with Crippen LogP contribution >= 0.6 is 0 Å². The van der Waals surface area contributed by atoms with Gasteiger partial charge in [0, 0.05) is 0 Å². The van der Waals surface area contributed by atoms with Gasteiger partial charge in [-0.15, -0.1) is 0 Å². The largest absolute Gasteiger partial charge is 0.397 e. The van der Waals surface area contributed by atoms with Gasteiger partial charge < -0.3 is 22.9 Å². The van der Waals surface area contributed by atoms with Gasteiger partial charge in [0.25, 0.3) is 0 Å².